The molecular formula is C110H138N4O4-2. The molecule has 0 aliphatic heterocycles. The van der Waals surface area contributed by atoms with Gasteiger partial charge in [0.1, 0.15) is 0 Å². The van der Waals surface area contributed by atoms with Gasteiger partial charge in [0.2, 0.25) is 11.8 Å². The van der Waals surface area contributed by atoms with E-state index in [0.29, 0.717) is 59.0 Å². The molecule has 1 aliphatic rings. The lowest BCUT2D eigenvalue weighted by atomic mass is 9.62. The number of rotatable bonds is 44. The Morgan fingerprint density at radius 2 is 0.576 bits per heavy atom. The highest BCUT2D eigenvalue weighted by Gasteiger charge is 2.42. The van der Waals surface area contributed by atoms with E-state index in [-0.39, 0.29) is 24.7 Å². The minimum absolute atomic E-state index is 0.168. The maximum atomic E-state index is 15.9. The van der Waals surface area contributed by atoms with Crippen molar-refractivity contribution in [1.82, 2.24) is 0 Å². The minimum atomic E-state index is -1.42. The molecule has 8 nitrogen and oxygen atoms in total. The van der Waals surface area contributed by atoms with Gasteiger partial charge in [0.25, 0.3) is 0 Å². The predicted molar refractivity (Wildman–Crippen MR) is 500 cm³/mol. The number of hydrogen-bond acceptors (Lipinski definition) is 6. The van der Waals surface area contributed by atoms with E-state index in [2.05, 4.69) is 287 Å². The Balaban J connectivity index is 1.01. The molecule has 624 valence electrons. The molecule has 2 N–H and O–H groups in total. The van der Waals surface area contributed by atoms with Crippen LogP contribution in [0.4, 0.5) is 45.5 Å². The second kappa shape index (κ2) is 44.1. The summed E-state index contributed by atoms with van der Waals surface area (Å²) in [5, 5.41) is 38.5. The Morgan fingerprint density at radius 1 is 0.322 bits per heavy atom. The number of hydrogen-bond donors (Lipinski definition) is 2. The summed E-state index contributed by atoms with van der Waals surface area (Å²) >= 11 is 0. The third kappa shape index (κ3) is 22.0. The molecule has 118 heavy (non-hydrogen) atoms. The summed E-state index contributed by atoms with van der Waals surface area (Å²) in [4.78, 5) is 33.6. The number of nitrogens with one attached hydrogen (secondary N) is 2. The number of benzene rings is 10. The van der Waals surface area contributed by atoms with Crippen molar-refractivity contribution < 1.29 is 19.8 Å². The van der Waals surface area contributed by atoms with E-state index in [1.165, 1.54) is 144 Å². The first kappa shape index (κ1) is 89.4. The topological polar surface area (TPSA) is 111 Å². The number of aryl methyl sites for hydroxylation is 4. The van der Waals surface area contributed by atoms with E-state index in [1.807, 2.05) is 36.4 Å². The lowest BCUT2D eigenvalue weighted by Crippen LogP contribution is -2.63. The molecule has 10 aromatic carbocycles. The standard InChI is InChI=1S/C110H138N4O4/c1-15-25-39-79(21-7)69-83-43-31-35-47-93(83)87-53-61-101(75(11)65-87)113(102-62-54-88(66-76(102)12)94-48-36-32-44-84(94)70-80(22-8)40-26-16-2)91-57-59-97(99(73-91)111-105(115)51-29-19-5)107-109(117)108(110(107)118)98-60-58-92(74-100(98)112-106(116)52-30-20-6)114(103-63-55-89(67-77(103)13)95-49-37-33-45-85(95)71-81(23-9)41-27-17-3)104-64-56-90(68-78(104)14)96-50-38-34-46-86(96)72-82(24-10)42-28-18-4/h31-38,43-50,53-68,73-74,79-82,107-110H,15-30,39-42,51-52,69-72H2,1-14H3,(H,111,115)(H,112,116)/q-2. The Hall–Kier alpha value is -9.34. The van der Waals surface area contributed by atoms with Gasteiger partial charge in [0.15, 0.2) is 0 Å². The molecule has 1 aliphatic carbocycles. The molecule has 0 saturated heterocycles. The Morgan fingerprint density at radius 3 is 0.814 bits per heavy atom. The molecule has 4 atom stereocenters. The predicted octanol–water partition coefficient (Wildman–Crippen LogP) is 29.2. The van der Waals surface area contributed by atoms with Gasteiger partial charge in [0.05, 0.1) is 0 Å². The van der Waals surface area contributed by atoms with E-state index in [9.17, 15) is 9.59 Å². The van der Waals surface area contributed by atoms with Crippen LogP contribution in [0.15, 0.2) is 206 Å². The third-order valence-electron chi connectivity index (χ3n) is 26.1. The summed E-state index contributed by atoms with van der Waals surface area (Å²) in [5.74, 6) is 0.0365. The molecule has 1 fully saturated rings. The number of unbranched alkanes of at least 4 members (excludes halogenated alkanes) is 6. The van der Waals surface area contributed by atoms with Crippen LogP contribution in [0, 0.1) is 51.4 Å². The molecule has 0 heterocycles. The Kier molecular flexibility index (Phi) is 33.4. The maximum absolute atomic E-state index is 15.9. The van der Waals surface area contributed by atoms with Crippen molar-refractivity contribution in [2.24, 2.45) is 23.7 Å². The van der Waals surface area contributed by atoms with Crippen LogP contribution in [0.1, 0.15) is 278 Å². The van der Waals surface area contributed by atoms with Crippen LogP contribution >= 0.6 is 0 Å². The van der Waals surface area contributed by atoms with E-state index >= 15 is 10.2 Å². The number of anilines is 8. The van der Waals surface area contributed by atoms with Crippen molar-refractivity contribution in [2.75, 3.05) is 20.4 Å². The van der Waals surface area contributed by atoms with Gasteiger partial charge in [-0.25, -0.2) is 0 Å². The fourth-order valence-electron chi connectivity index (χ4n) is 18.7. The molecule has 0 spiro atoms. The number of amides is 2. The monoisotopic (exact) mass is 1580 g/mol. The highest BCUT2D eigenvalue weighted by atomic mass is 16.3. The molecule has 1 saturated carbocycles. The normalized spacial score (nSPS) is 15.6. The molecular weight excluding hydrogens is 1440 g/mol. The fourth-order valence-corrected chi connectivity index (χ4v) is 18.7. The first-order valence-electron chi connectivity index (χ1n) is 46.0. The zero-order chi connectivity index (χ0) is 83.8. The summed E-state index contributed by atoms with van der Waals surface area (Å²) < 4.78 is 0. The molecule has 10 aromatic rings. The SMILES string of the molecule is CCCCC(=O)Nc1cc(N(c2ccc(-c3ccccc3CC(CC)CCCC)cc2C)c2ccc(-c3ccccc3CC(CC)CCCC)cc2C)ccc1C1C([O-])C(c2ccc(N(c3ccc(-c4ccccc4CC(CC)CCCC)cc3C)c3ccc(-c4ccccc4CC(CC)CCCC)cc3C)cc2NC(=O)CCCC)C1[O-]. The summed E-state index contributed by atoms with van der Waals surface area (Å²) in [5.41, 5.74) is 26.9. The van der Waals surface area contributed by atoms with Crippen LogP contribution < -0.4 is 30.6 Å². The molecule has 0 aromatic heterocycles. The van der Waals surface area contributed by atoms with Crippen LogP contribution in [-0.2, 0) is 35.3 Å². The lowest BCUT2D eigenvalue weighted by molar-refractivity contribution is -0.535. The van der Waals surface area contributed by atoms with Gasteiger partial charge in [-0.15, -0.1) is 12.2 Å². The number of carbonyl (C=O) groups excluding carboxylic acids is 2. The average molecular weight is 1580 g/mol. The van der Waals surface area contributed by atoms with Crippen LogP contribution in [0.5, 0.6) is 0 Å². The van der Waals surface area contributed by atoms with E-state index in [1.54, 1.807) is 0 Å². The average Bonchev–Trinajstić information content (AvgIpc) is 0.727. The summed E-state index contributed by atoms with van der Waals surface area (Å²) in [6.45, 7) is 31.4. The lowest BCUT2D eigenvalue weighted by Gasteiger charge is -2.62. The minimum Gasteiger partial charge on any atom is -0.851 e. The highest BCUT2D eigenvalue weighted by molar-refractivity contribution is 5.96. The van der Waals surface area contributed by atoms with Crippen molar-refractivity contribution in [1.29, 1.82) is 0 Å². The fraction of sp³-hybridized carbons (Fsp3) is 0.436. The van der Waals surface area contributed by atoms with Gasteiger partial charge < -0.3 is 30.6 Å². The van der Waals surface area contributed by atoms with Gasteiger partial charge in [0, 0.05) is 58.3 Å². The van der Waals surface area contributed by atoms with Crippen LogP contribution in [0.2, 0.25) is 0 Å². The van der Waals surface area contributed by atoms with Crippen LogP contribution in [-0.4, -0.2) is 24.0 Å². The zero-order valence-electron chi connectivity index (χ0n) is 74.2. The van der Waals surface area contributed by atoms with Crippen molar-refractivity contribution in [3.8, 4) is 44.5 Å². The second-order valence-electron chi connectivity index (χ2n) is 34.6. The first-order chi connectivity index (χ1) is 57.4. The summed E-state index contributed by atoms with van der Waals surface area (Å²) in [6.07, 6.45) is 23.9. The smallest absolute Gasteiger partial charge is 0.224 e. The second-order valence-corrected chi connectivity index (χ2v) is 34.6. The zero-order valence-corrected chi connectivity index (χ0v) is 74.2. The molecule has 8 heteroatoms. The summed E-state index contributed by atoms with van der Waals surface area (Å²) in [7, 11) is 0. The highest BCUT2D eigenvalue weighted by Crippen LogP contribution is 2.53. The summed E-state index contributed by atoms with van der Waals surface area (Å²) in [6, 6.07) is 75.0. The third-order valence-corrected chi connectivity index (χ3v) is 26.1. The van der Waals surface area contributed by atoms with Crippen molar-refractivity contribution in [2.45, 2.75) is 288 Å². The number of carbonyl (C=O) groups is 2. The molecule has 11 rings (SSSR count). The molecule has 4 unspecified atom stereocenters. The van der Waals surface area contributed by atoms with E-state index in [4.69, 9.17) is 0 Å². The molecule has 0 radical (unpaired) electrons. The Bertz CT molecular complexity index is 4380. The quantitative estimate of drug-likeness (QED) is 0.0394. The van der Waals surface area contributed by atoms with Gasteiger partial charge in [-0.05, 0) is 275 Å². The molecule has 0 bridgehead atoms. The molecule has 2 amide bonds. The maximum Gasteiger partial charge on any atom is 0.224 e. The number of nitrogens with zero attached hydrogens (tertiary/aromatic N) is 2. The van der Waals surface area contributed by atoms with Gasteiger partial charge in [-0.2, -0.15) is 0 Å². The van der Waals surface area contributed by atoms with Gasteiger partial charge >= 0.3 is 0 Å². The van der Waals surface area contributed by atoms with Crippen molar-refractivity contribution >= 4 is 57.3 Å². The van der Waals surface area contributed by atoms with E-state index < -0.39 is 24.0 Å². The van der Waals surface area contributed by atoms with Gasteiger partial charge in [-0.3, -0.25) is 9.59 Å². The first-order valence-corrected chi connectivity index (χ1v) is 46.0. The van der Waals surface area contributed by atoms with Crippen LogP contribution in [0.3, 0.4) is 0 Å². The van der Waals surface area contributed by atoms with Crippen molar-refractivity contribution in [3.05, 3.63) is 262 Å². The van der Waals surface area contributed by atoms with Gasteiger partial charge in [-0.1, -0.05) is 318 Å². The van der Waals surface area contributed by atoms with Crippen molar-refractivity contribution in [3.63, 3.8) is 0 Å². The van der Waals surface area contributed by atoms with E-state index in [0.717, 1.165) is 121 Å². The Labute approximate surface area is 711 Å². The van der Waals surface area contributed by atoms with Crippen LogP contribution in [0.25, 0.3) is 44.5 Å². The largest absolute Gasteiger partial charge is 0.851 e.